The van der Waals surface area contributed by atoms with E-state index in [1.807, 2.05) is 25.3 Å². The Morgan fingerprint density at radius 3 is 2.88 bits per heavy atom. The summed E-state index contributed by atoms with van der Waals surface area (Å²) in [5.41, 5.74) is 3.17. The monoisotopic (exact) mass is 217 g/mol. The van der Waals surface area contributed by atoms with Gasteiger partial charge in [0.15, 0.2) is 5.76 Å². The number of aryl methyl sites for hydroxylation is 2. The molecule has 0 aliphatic carbocycles. The fraction of sp³-hybridized carbons (Fsp3) is 0.333. The number of nitrogens with one attached hydrogen (secondary N) is 1. The van der Waals surface area contributed by atoms with E-state index in [9.17, 15) is 0 Å². The Bertz CT molecular complexity index is 465. The lowest BCUT2D eigenvalue weighted by atomic mass is 10.2. The fourth-order valence-corrected chi connectivity index (χ4v) is 1.51. The van der Waals surface area contributed by atoms with Gasteiger partial charge in [-0.1, -0.05) is 11.2 Å². The van der Waals surface area contributed by atoms with Crippen LogP contribution < -0.4 is 5.32 Å². The van der Waals surface area contributed by atoms with Gasteiger partial charge in [-0.15, -0.1) is 0 Å². The molecule has 0 aliphatic heterocycles. The molecule has 0 aliphatic rings. The van der Waals surface area contributed by atoms with E-state index in [1.165, 1.54) is 5.56 Å². The number of pyridine rings is 1. The second kappa shape index (κ2) is 4.90. The summed E-state index contributed by atoms with van der Waals surface area (Å²) >= 11 is 0. The van der Waals surface area contributed by atoms with Gasteiger partial charge in [-0.3, -0.25) is 4.98 Å². The lowest BCUT2D eigenvalue weighted by molar-refractivity contribution is 0.369. The first kappa shape index (κ1) is 10.8. The SMILES string of the molecule is Cc1cc(CNCc2ncccc2C)on1. The van der Waals surface area contributed by atoms with Crippen molar-refractivity contribution in [1.29, 1.82) is 0 Å². The van der Waals surface area contributed by atoms with E-state index in [0.717, 1.165) is 23.7 Å². The summed E-state index contributed by atoms with van der Waals surface area (Å²) in [6.45, 7) is 5.39. The molecule has 0 fully saturated rings. The third kappa shape index (κ3) is 2.67. The van der Waals surface area contributed by atoms with Gasteiger partial charge in [0.2, 0.25) is 0 Å². The van der Waals surface area contributed by atoms with Gasteiger partial charge >= 0.3 is 0 Å². The van der Waals surface area contributed by atoms with Crippen LogP contribution in [-0.2, 0) is 13.1 Å². The predicted molar refractivity (Wildman–Crippen MR) is 60.8 cm³/mol. The fourth-order valence-electron chi connectivity index (χ4n) is 1.51. The summed E-state index contributed by atoms with van der Waals surface area (Å²) in [6.07, 6.45) is 1.81. The van der Waals surface area contributed by atoms with Gasteiger partial charge in [-0.2, -0.15) is 0 Å². The van der Waals surface area contributed by atoms with Gasteiger partial charge in [0.25, 0.3) is 0 Å². The molecule has 2 aromatic rings. The highest BCUT2D eigenvalue weighted by molar-refractivity contribution is 5.17. The van der Waals surface area contributed by atoms with Crippen molar-refractivity contribution in [2.45, 2.75) is 26.9 Å². The van der Waals surface area contributed by atoms with Crippen molar-refractivity contribution < 1.29 is 4.52 Å². The predicted octanol–water partition coefficient (Wildman–Crippen LogP) is 1.98. The number of aromatic nitrogens is 2. The Hall–Kier alpha value is -1.68. The molecule has 16 heavy (non-hydrogen) atoms. The first-order valence-corrected chi connectivity index (χ1v) is 5.29. The molecule has 84 valence electrons. The highest BCUT2D eigenvalue weighted by Crippen LogP contribution is 2.04. The zero-order valence-corrected chi connectivity index (χ0v) is 9.53. The summed E-state index contributed by atoms with van der Waals surface area (Å²) in [6, 6.07) is 5.93. The van der Waals surface area contributed by atoms with Crippen LogP contribution >= 0.6 is 0 Å². The molecule has 4 heteroatoms. The summed E-state index contributed by atoms with van der Waals surface area (Å²) in [5, 5.41) is 7.11. The van der Waals surface area contributed by atoms with Crippen molar-refractivity contribution in [3.05, 3.63) is 47.1 Å². The average molecular weight is 217 g/mol. The van der Waals surface area contributed by atoms with Crippen LogP contribution in [0.15, 0.2) is 28.9 Å². The molecule has 0 unspecified atom stereocenters. The van der Waals surface area contributed by atoms with E-state index in [-0.39, 0.29) is 0 Å². The highest BCUT2D eigenvalue weighted by Gasteiger charge is 2.01. The molecule has 0 amide bonds. The Morgan fingerprint density at radius 1 is 1.31 bits per heavy atom. The van der Waals surface area contributed by atoms with Crippen molar-refractivity contribution in [2.75, 3.05) is 0 Å². The standard InChI is InChI=1S/C12H15N3O/c1-9-4-3-5-14-12(9)8-13-7-11-6-10(2)15-16-11/h3-6,13H,7-8H2,1-2H3. The van der Waals surface area contributed by atoms with Crippen LogP contribution in [0.5, 0.6) is 0 Å². The molecule has 0 saturated carbocycles. The molecule has 2 heterocycles. The minimum atomic E-state index is 0.677. The number of nitrogens with zero attached hydrogens (tertiary/aromatic N) is 2. The van der Waals surface area contributed by atoms with Gasteiger partial charge in [-0.25, -0.2) is 0 Å². The summed E-state index contributed by atoms with van der Waals surface area (Å²) in [7, 11) is 0. The van der Waals surface area contributed by atoms with Crippen LogP contribution in [0.1, 0.15) is 22.7 Å². The van der Waals surface area contributed by atoms with Crippen LogP contribution in [-0.4, -0.2) is 10.1 Å². The molecule has 2 rings (SSSR count). The van der Waals surface area contributed by atoms with E-state index < -0.39 is 0 Å². The molecule has 0 spiro atoms. The molecule has 0 radical (unpaired) electrons. The molecule has 1 N–H and O–H groups in total. The van der Waals surface area contributed by atoms with Crippen LogP contribution in [0.4, 0.5) is 0 Å². The zero-order chi connectivity index (χ0) is 11.4. The summed E-state index contributed by atoms with van der Waals surface area (Å²) in [5.74, 6) is 0.853. The number of rotatable bonds is 4. The molecule has 0 aromatic carbocycles. The largest absolute Gasteiger partial charge is 0.360 e. The van der Waals surface area contributed by atoms with Crippen LogP contribution in [0.2, 0.25) is 0 Å². The first-order valence-electron chi connectivity index (χ1n) is 5.29. The molecule has 0 saturated heterocycles. The van der Waals surface area contributed by atoms with Crippen LogP contribution in [0, 0.1) is 13.8 Å². The van der Waals surface area contributed by atoms with E-state index in [0.29, 0.717) is 6.54 Å². The van der Waals surface area contributed by atoms with E-state index in [2.05, 4.69) is 28.4 Å². The third-order valence-corrected chi connectivity index (χ3v) is 2.39. The maximum absolute atomic E-state index is 5.10. The normalized spacial score (nSPS) is 10.6. The zero-order valence-electron chi connectivity index (χ0n) is 9.53. The third-order valence-electron chi connectivity index (χ3n) is 2.39. The quantitative estimate of drug-likeness (QED) is 0.850. The molecule has 2 aromatic heterocycles. The minimum Gasteiger partial charge on any atom is -0.360 e. The molecule has 0 bridgehead atoms. The van der Waals surface area contributed by atoms with Gasteiger partial charge in [-0.05, 0) is 25.5 Å². The Labute approximate surface area is 94.7 Å². The highest BCUT2D eigenvalue weighted by atomic mass is 16.5. The van der Waals surface area contributed by atoms with Gasteiger partial charge in [0, 0.05) is 18.8 Å². The smallest absolute Gasteiger partial charge is 0.150 e. The van der Waals surface area contributed by atoms with E-state index >= 15 is 0 Å². The molecular formula is C12H15N3O. The first-order chi connectivity index (χ1) is 7.75. The van der Waals surface area contributed by atoms with Gasteiger partial charge < -0.3 is 9.84 Å². The van der Waals surface area contributed by atoms with E-state index in [1.54, 1.807) is 0 Å². The van der Waals surface area contributed by atoms with Crippen molar-refractivity contribution in [3.63, 3.8) is 0 Å². The summed E-state index contributed by atoms with van der Waals surface area (Å²) < 4.78 is 5.10. The van der Waals surface area contributed by atoms with Gasteiger partial charge in [0.05, 0.1) is 17.9 Å². The minimum absolute atomic E-state index is 0.677. The maximum Gasteiger partial charge on any atom is 0.150 e. The Balaban J connectivity index is 1.87. The van der Waals surface area contributed by atoms with Crippen LogP contribution in [0.25, 0.3) is 0 Å². The van der Waals surface area contributed by atoms with Crippen molar-refractivity contribution in [3.8, 4) is 0 Å². The average Bonchev–Trinajstić information content (AvgIpc) is 2.67. The summed E-state index contributed by atoms with van der Waals surface area (Å²) in [4.78, 5) is 4.31. The lowest BCUT2D eigenvalue weighted by Crippen LogP contribution is -2.14. The van der Waals surface area contributed by atoms with Gasteiger partial charge in [0.1, 0.15) is 0 Å². The van der Waals surface area contributed by atoms with Crippen LogP contribution in [0.3, 0.4) is 0 Å². The molecular weight excluding hydrogens is 202 g/mol. The second-order valence-corrected chi connectivity index (χ2v) is 3.81. The molecule has 4 nitrogen and oxygen atoms in total. The van der Waals surface area contributed by atoms with Crippen molar-refractivity contribution >= 4 is 0 Å². The van der Waals surface area contributed by atoms with Crippen molar-refractivity contribution in [1.82, 2.24) is 15.5 Å². The molecule has 0 atom stereocenters. The Kier molecular flexibility index (Phi) is 3.31. The number of hydrogen-bond acceptors (Lipinski definition) is 4. The lowest BCUT2D eigenvalue weighted by Gasteiger charge is -2.04. The Morgan fingerprint density at radius 2 is 2.19 bits per heavy atom. The van der Waals surface area contributed by atoms with E-state index in [4.69, 9.17) is 4.52 Å². The second-order valence-electron chi connectivity index (χ2n) is 3.81. The maximum atomic E-state index is 5.10. The van der Waals surface area contributed by atoms with Crippen molar-refractivity contribution in [2.24, 2.45) is 0 Å². The topological polar surface area (TPSA) is 51.0 Å². The number of hydrogen-bond donors (Lipinski definition) is 1.